The smallest absolute Gasteiger partial charge is 0.139 e. The standard InChI is InChI=1S/C16H29NO/c1-11-7-12(2)9-15(8-11)16(18)14-5-3-13(10-17)4-6-14/h11-15H,3-10,17H2,1-2H3. The van der Waals surface area contributed by atoms with Crippen molar-refractivity contribution >= 4 is 5.78 Å². The number of hydrogen-bond acceptors (Lipinski definition) is 2. The lowest BCUT2D eigenvalue weighted by Crippen LogP contribution is -2.33. The van der Waals surface area contributed by atoms with Crippen molar-refractivity contribution in [3.8, 4) is 0 Å². The zero-order valence-corrected chi connectivity index (χ0v) is 12.0. The first-order valence-electron chi connectivity index (χ1n) is 7.84. The quantitative estimate of drug-likeness (QED) is 0.835. The summed E-state index contributed by atoms with van der Waals surface area (Å²) in [6.45, 7) is 5.42. The molecule has 104 valence electrons. The van der Waals surface area contributed by atoms with Gasteiger partial charge in [-0.3, -0.25) is 4.79 Å². The van der Waals surface area contributed by atoms with Crippen molar-refractivity contribution in [2.75, 3.05) is 6.54 Å². The molecule has 0 spiro atoms. The summed E-state index contributed by atoms with van der Waals surface area (Å²) in [4.78, 5) is 12.6. The second-order valence-corrected chi connectivity index (χ2v) is 6.97. The van der Waals surface area contributed by atoms with Crippen molar-refractivity contribution < 1.29 is 4.79 Å². The molecule has 2 aliphatic rings. The summed E-state index contributed by atoms with van der Waals surface area (Å²) in [6.07, 6.45) is 8.12. The molecule has 0 saturated heterocycles. The van der Waals surface area contributed by atoms with Crippen LogP contribution in [0, 0.1) is 29.6 Å². The Balaban J connectivity index is 1.87. The molecule has 2 unspecified atom stereocenters. The van der Waals surface area contributed by atoms with E-state index in [1.54, 1.807) is 0 Å². The lowest BCUT2D eigenvalue weighted by molar-refractivity contribution is -0.130. The van der Waals surface area contributed by atoms with Crippen LogP contribution in [-0.4, -0.2) is 12.3 Å². The highest BCUT2D eigenvalue weighted by Gasteiger charge is 2.34. The zero-order valence-electron chi connectivity index (χ0n) is 12.0. The van der Waals surface area contributed by atoms with Crippen molar-refractivity contribution in [1.82, 2.24) is 0 Å². The fourth-order valence-electron chi connectivity index (χ4n) is 4.20. The van der Waals surface area contributed by atoms with Crippen LogP contribution in [0.5, 0.6) is 0 Å². The van der Waals surface area contributed by atoms with Crippen LogP contribution in [0.4, 0.5) is 0 Å². The van der Waals surface area contributed by atoms with Gasteiger partial charge in [-0.2, -0.15) is 0 Å². The molecule has 2 saturated carbocycles. The van der Waals surface area contributed by atoms with Gasteiger partial charge in [0.25, 0.3) is 0 Å². The largest absolute Gasteiger partial charge is 0.330 e. The maximum Gasteiger partial charge on any atom is 0.139 e. The highest BCUT2D eigenvalue weighted by molar-refractivity contribution is 5.83. The normalized spacial score (nSPS) is 41.6. The van der Waals surface area contributed by atoms with Crippen LogP contribution in [0.15, 0.2) is 0 Å². The third-order valence-corrected chi connectivity index (χ3v) is 5.16. The van der Waals surface area contributed by atoms with Crippen LogP contribution in [0.25, 0.3) is 0 Å². The number of rotatable bonds is 3. The van der Waals surface area contributed by atoms with Gasteiger partial charge in [0.1, 0.15) is 5.78 Å². The third-order valence-electron chi connectivity index (χ3n) is 5.16. The van der Waals surface area contributed by atoms with Crippen LogP contribution in [-0.2, 0) is 4.79 Å². The van der Waals surface area contributed by atoms with Crippen molar-refractivity contribution in [1.29, 1.82) is 0 Å². The van der Waals surface area contributed by atoms with Crippen LogP contribution in [0.2, 0.25) is 0 Å². The summed E-state index contributed by atoms with van der Waals surface area (Å²) in [5, 5.41) is 0. The molecule has 0 heterocycles. The average molecular weight is 251 g/mol. The van der Waals surface area contributed by atoms with Gasteiger partial charge in [-0.15, -0.1) is 0 Å². The molecular formula is C16H29NO. The van der Waals surface area contributed by atoms with Gasteiger partial charge in [0, 0.05) is 11.8 Å². The molecule has 2 aliphatic carbocycles. The lowest BCUT2D eigenvalue weighted by Gasteiger charge is -2.34. The van der Waals surface area contributed by atoms with E-state index in [9.17, 15) is 4.79 Å². The Morgan fingerprint density at radius 2 is 1.50 bits per heavy atom. The van der Waals surface area contributed by atoms with E-state index in [2.05, 4.69) is 13.8 Å². The second kappa shape index (κ2) is 6.18. The van der Waals surface area contributed by atoms with E-state index < -0.39 is 0 Å². The van der Waals surface area contributed by atoms with E-state index >= 15 is 0 Å². The van der Waals surface area contributed by atoms with Crippen molar-refractivity contribution in [2.24, 2.45) is 35.3 Å². The molecule has 2 fully saturated rings. The predicted molar refractivity (Wildman–Crippen MR) is 75.2 cm³/mol. The summed E-state index contributed by atoms with van der Waals surface area (Å²) < 4.78 is 0. The molecule has 2 nitrogen and oxygen atoms in total. The molecule has 0 bridgehead atoms. The minimum absolute atomic E-state index is 0.357. The lowest BCUT2D eigenvalue weighted by atomic mass is 9.70. The molecule has 0 radical (unpaired) electrons. The maximum absolute atomic E-state index is 12.6. The number of Topliss-reactive ketones (excluding diaryl/α,β-unsaturated/α-hetero) is 1. The van der Waals surface area contributed by atoms with Gasteiger partial charge in [0.05, 0.1) is 0 Å². The fraction of sp³-hybridized carbons (Fsp3) is 0.938. The monoisotopic (exact) mass is 251 g/mol. The van der Waals surface area contributed by atoms with Crippen molar-refractivity contribution in [3.05, 3.63) is 0 Å². The first-order chi connectivity index (χ1) is 8.60. The van der Waals surface area contributed by atoms with Crippen LogP contribution < -0.4 is 5.73 Å². The zero-order chi connectivity index (χ0) is 13.1. The second-order valence-electron chi connectivity index (χ2n) is 6.97. The van der Waals surface area contributed by atoms with Gasteiger partial charge < -0.3 is 5.73 Å². The summed E-state index contributed by atoms with van der Waals surface area (Å²) in [7, 11) is 0. The van der Waals surface area contributed by atoms with Crippen LogP contribution >= 0.6 is 0 Å². The minimum atomic E-state index is 0.357. The van der Waals surface area contributed by atoms with E-state index in [1.165, 1.54) is 19.3 Å². The molecule has 0 amide bonds. The van der Waals surface area contributed by atoms with E-state index in [1.807, 2.05) is 0 Å². The molecule has 2 N–H and O–H groups in total. The number of hydrogen-bond donors (Lipinski definition) is 1. The van der Waals surface area contributed by atoms with Gasteiger partial charge in [0.2, 0.25) is 0 Å². The van der Waals surface area contributed by atoms with Gasteiger partial charge in [-0.05, 0) is 69.2 Å². The minimum Gasteiger partial charge on any atom is -0.330 e. The maximum atomic E-state index is 12.6. The van der Waals surface area contributed by atoms with E-state index in [0.29, 0.717) is 23.5 Å². The Morgan fingerprint density at radius 3 is 2.00 bits per heavy atom. The highest BCUT2D eigenvalue weighted by atomic mass is 16.1. The van der Waals surface area contributed by atoms with Gasteiger partial charge >= 0.3 is 0 Å². The molecular weight excluding hydrogens is 222 g/mol. The molecule has 2 heteroatoms. The Morgan fingerprint density at radius 1 is 0.944 bits per heavy atom. The number of carbonyl (C=O) groups is 1. The Kier molecular flexibility index (Phi) is 4.83. The molecule has 0 aromatic carbocycles. The van der Waals surface area contributed by atoms with Crippen LogP contribution in [0.1, 0.15) is 58.8 Å². The molecule has 18 heavy (non-hydrogen) atoms. The number of ketones is 1. The molecule has 0 aromatic rings. The number of nitrogens with two attached hydrogens (primary N) is 1. The topological polar surface area (TPSA) is 43.1 Å². The summed E-state index contributed by atoms with van der Waals surface area (Å²) in [6, 6.07) is 0. The van der Waals surface area contributed by atoms with Gasteiger partial charge in [0.15, 0.2) is 0 Å². The van der Waals surface area contributed by atoms with E-state index in [-0.39, 0.29) is 0 Å². The highest BCUT2D eigenvalue weighted by Crippen LogP contribution is 2.38. The first kappa shape index (κ1) is 14.0. The summed E-state index contributed by atoms with van der Waals surface area (Å²) >= 11 is 0. The molecule has 2 rings (SSSR count). The molecule has 0 aliphatic heterocycles. The predicted octanol–water partition coefficient (Wildman–Crippen LogP) is 3.39. The van der Waals surface area contributed by atoms with Gasteiger partial charge in [-0.1, -0.05) is 13.8 Å². The van der Waals surface area contributed by atoms with Gasteiger partial charge in [-0.25, -0.2) is 0 Å². The summed E-state index contributed by atoms with van der Waals surface area (Å²) in [5.41, 5.74) is 5.72. The van der Waals surface area contributed by atoms with E-state index in [0.717, 1.165) is 44.1 Å². The Bertz CT molecular complexity index is 271. The fourth-order valence-corrected chi connectivity index (χ4v) is 4.20. The molecule has 2 atom stereocenters. The SMILES string of the molecule is CC1CC(C)CC(C(=O)C2CCC(CN)CC2)C1. The Hall–Kier alpha value is -0.370. The van der Waals surface area contributed by atoms with E-state index in [4.69, 9.17) is 5.73 Å². The van der Waals surface area contributed by atoms with Crippen LogP contribution in [0.3, 0.4) is 0 Å². The summed E-state index contributed by atoms with van der Waals surface area (Å²) in [5.74, 6) is 3.46. The molecule has 0 aromatic heterocycles. The Labute approximate surface area is 112 Å². The number of carbonyl (C=O) groups excluding carboxylic acids is 1. The third kappa shape index (κ3) is 3.34. The average Bonchev–Trinajstić information content (AvgIpc) is 2.37. The van der Waals surface area contributed by atoms with Crippen molar-refractivity contribution in [3.63, 3.8) is 0 Å². The first-order valence-corrected chi connectivity index (χ1v) is 7.84. The van der Waals surface area contributed by atoms with Crippen molar-refractivity contribution in [2.45, 2.75) is 58.8 Å².